The number of hydrogen-bond donors (Lipinski definition) is 3. The average molecular weight is 269 g/mol. The minimum absolute atomic E-state index is 0.00781. The lowest BCUT2D eigenvalue weighted by molar-refractivity contribution is 0.450. The maximum atomic E-state index is 9.58. The Hall–Kier alpha value is -3.02. The Morgan fingerprint density at radius 2 is 2.00 bits per heavy atom. The fourth-order valence-corrected chi connectivity index (χ4v) is 1.72. The molecule has 0 spiro atoms. The summed E-state index contributed by atoms with van der Waals surface area (Å²) in [5.74, 6) is -0.0697. The van der Waals surface area contributed by atoms with Crippen LogP contribution in [0, 0.1) is 0 Å². The van der Waals surface area contributed by atoms with Crippen molar-refractivity contribution in [2.24, 2.45) is 5.10 Å². The summed E-state index contributed by atoms with van der Waals surface area (Å²) in [4.78, 5) is 4.19. The molecule has 0 saturated heterocycles. The van der Waals surface area contributed by atoms with Crippen molar-refractivity contribution < 1.29 is 14.6 Å². The van der Waals surface area contributed by atoms with Crippen molar-refractivity contribution >= 4 is 23.3 Å². The number of anilines is 1. The summed E-state index contributed by atoms with van der Waals surface area (Å²) in [7, 11) is 0. The van der Waals surface area contributed by atoms with Crippen molar-refractivity contribution in [2.75, 3.05) is 5.43 Å². The first-order valence-corrected chi connectivity index (χ1v) is 5.89. The van der Waals surface area contributed by atoms with E-state index < -0.39 is 0 Å². The number of rotatable bonds is 3. The first-order valence-electron chi connectivity index (χ1n) is 5.89. The molecule has 1 heterocycles. The van der Waals surface area contributed by atoms with Crippen LogP contribution in [0.4, 0.5) is 6.01 Å². The van der Waals surface area contributed by atoms with Gasteiger partial charge in [-0.2, -0.15) is 10.1 Å². The number of benzene rings is 2. The largest absolute Gasteiger partial charge is 0.508 e. The molecule has 6 heteroatoms. The van der Waals surface area contributed by atoms with E-state index >= 15 is 0 Å². The SMILES string of the molecule is Oc1ccc(/C=N/Nc2nc3ccccc3o2)c(O)c1. The summed E-state index contributed by atoms with van der Waals surface area (Å²) in [5, 5.41) is 22.7. The lowest BCUT2D eigenvalue weighted by atomic mass is 10.2. The third-order valence-electron chi connectivity index (χ3n) is 2.67. The minimum atomic E-state index is -0.0619. The number of aromatic nitrogens is 1. The number of fused-ring (bicyclic) bond motifs is 1. The van der Waals surface area contributed by atoms with Crippen molar-refractivity contribution in [2.45, 2.75) is 0 Å². The van der Waals surface area contributed by atoms with E-state index in [2.05, 4.69) is 15.5 Å². The number of oxazole rings is 1. The highest BCUT2D eigenvalue weighted by atomic mass is 16.4. The predicted molar refractivity (Wildman–Crippen MR) is 75.0 cm³/mol. The normalized spacial score (nSPS) is 11.2. The Morgan fingerprint density at radius 3 is 2.80 bits per heavy atom. The molecule has 0 saturated carbocycles. The second kappa shape index (κ2) is 4.93. The molecule has 0 amide bonds. The molecular formula is C14H11N3O3. The van der Waals surface area contributed by atoms with Crippen LogP contribution in [0.5, 0.6) is 11.5 Å². The second-order valence-electron chi connectivity index (χ2n) is 4.10. The van der Waals surface area contributed by atoms with E-state index in [1.165, 1.54) is 18.3 Å². The standard InChI is InChI=1S/C14H11N3O3/c18-10-6-5-9(12(19)7-10)8-15-17-14-16-11-3-1-2-4-13(11)20-14/h1-8,18-19H,(H,16,17)/b15-8+. The third kappa shape index (κ3) is 2.39. The van der Waals surface area contributed by atoms with Gasteiger partial charge in [0.2, 0.25) is 0 Å². The summed E-state index contributed by atoms with van der Waals surface area (Å²) in [6.45, 7) is 0. The van der Waals surface area contributed by atoms with Gasteiger partial charge in [-0.15, -0.1) is 0 Å². The number of phenols is 2. The van der Waals surface area contributed by atoms with Gasteiger partial charge in [0.15, 0.2) is 5.58 Å². The number of aromatic hydroxyl groups is 2. The van der Waals surface area contributed by atoms with Gasteiger partial charge in [0, 0.05) is 11.6 Å². The van der Waals surface area contributed by atoms with E-state index in [0.717, 1.165) is 5.52 Å². The van der Waals surface area contributed by atoms with E-state index in [-0.39, 0.29) is 17.5 Å². The van der Waals surface area contributed by atoms with Crippen LogP contribution in [0.25, 0.3) is 11.1 Å². The molecule has 0 aliphatic rings. The molecule has 3 aromatic rings. The third-order valence-corrected chi connectivity index (χ3v) is 2.67. The van der Waals surface area contributed by atoms with Gasteiger partial charge < -0.3 is 14.6 Å². The molecule has 2 aromatic carbocycles. The van der Waals surface area contributed by atoms with Crippen LogP contribution < -0.4 is 5.43 Å². The van der Waals surface area contributed by atoms with Crippen LogP contribution in [0.3, 0.4) is 0 Å². The Balaban J connectivity index is 1.76. The number of nitrogens with zero attached hydrogens (tertiary/aromatic N) is 2. The van der Waals surface area contributed by atoms with Crippen LogP contribution in [0.2, 0.25) is 0 Å². The van der Waals surface area contributed by atoms with E-state index in [1.807, 2.05) is 24.3 Å². The maximum absolute atomic E-state index is 9.58. The Morgan fingerprint density at radius 1 is 1.15 bits per heavy atom. The highest BCUT2D eigenvalue weighted by molar-refractivity contribution is 5.84. The zero-order valence-electron chi connectivity index (χ0n) is 10.3. The minimum Gasteiger partial charge on any atom is -0.508 e. The summed E-state index contributed by atoms with van der Waals surface area (Å²) in [6, 6.07) is 11.9. The van der Waals surface area contributed by atoms with E-state index in [4.69, 9.17) is 4.42 Å². The number of hydrazone groups is 1. The van der Waals surface area contributed by atoms with Gasteiger partial charge in [0.05, 0.1) is 6.21 Å². The molecule has 3 rings (SSSR count). The van der Waals surface area contributed by atoms with Gasteiger partial charge >= 0.3 is 6.01 Å². The number of phenolic OH excluding ortho intramolecular Hbond substituents is 2. The lowest BCUT2D eigenvalue weighted by Gasteiger charge is -1.98. The van der Waals surface area contributed by atoms with Crippen LogP contribution >= 0.6 is 0 Å². The van der Waals surface area contributed by atoms with Crippen LogP contribution in [-0.2, 0) is 0 Å². The summed E-state index contributed by atoms with van der Waals surface area (Å²) >= 11 is 0. The van der Waals surface area contributed by atoms with Crippen molar-refractivity contribution in [3.05, 3.63) is 48.0 Å². The molecule has 3 N–H and O–H groups in total. The van der Waals surface area contributed by atoms with E-state index in [9.17, 15) is 10.2 Å². The lowest BCUT2D eigenvalue weighted by Crippen LogP contribution is -1.90. The summed E-state index contributed by atoms with van der Waals surface area (Å²) in [6.07, 6.45) is 1.41. The first kappa shape index (κ1) is 12.0. The number of para-hydroxylation sites is 2. The van der Waals surface area contributed by atoms with Crippen molar-refractivity contribution in [1.29, 1.82) is 0 Å². The number of nitrogens with one attached hydrogen (secondary N) is 1. The second-order valence-corrected chi connectivity index (χ2v) is 4.10. The van der Waals surface area contributed by atoms with Crippen molar-refractivity contribution in [3.8, 4) is 11.5 Å². The quantitative estimate of drug-likeness (QED) is 0.502. The fraction of sp³-hybridized carbons (Fsp3) is 0. The average Bonchev–Trinajstić information content (AvgIpc) is 2.84. The van der Waals surface area contributed by atoms with Gasteiger partial charge in [-0.1, -0.05) is 12.1 Å². The zero-order chi connectivity index (χ0) is 13.9. The predicted octanol–water partition coefficient (Wildman–Crippen LogP) is 2.69. The van der Waals surface area contributed by atoms with Gasteiger partial charge in [-0.3, -0.25) is 0 Å². The topological polar surface area (TPSA) is 90.9 Å². The summed E-state index contributed by atoms with van der Waals surface area (Å²) < 4.78 is 5.42. The molecule has 6 nitrogen and oxygen atoms in total. The van der Waals surface area contributed by atoms with Gasteiger partial charge in [-0.05, 0) is 24.3 Å². The molecule has 0 unspecified atom stereocenters. The van der Waals surface area contributed by atoms with Crippen LogP contribution in [0.1, 0.15) is 5.56 Å². The van der Waals surface area contributed by atoms with Gasteiger partial charge in [0.25, 0.3) is 0 Å². The van der Waals surface area contributed by atoms with E-state index in [0.29, 0.717) is 11.1 Å². The van der Waals surface area contributed by atoms with Crippen molar-refractivity contribution in [1.82, 2.24) is 4.98 Å². The first-order chi connectivity index (χ1) is 9.72. The van der Waals surface area contributed by atoms with Crippen LogP contribution in [0.15, 0.2) is 52.0 Å². The zero-order valence-corrected chi connectivity index (χ0v) is 10.3. The monoisotopic (exact) mass is 269 g/mol. The van der Waals surface area contributed by atoms with Gasteiger partial charge in [0.1, 0.15) is 17.0 Å². The number of hydrogen-bond acceptors (Lipinski definition) is 6. The molecule has 0 radical (unpaired) electrons. The molecule has 0 aliphatic carbocycles. The van der Waals surface area contributed by atoms with Gasteiger partial charge in [-0.25, -0.2) is 5.43 Å². The molecule has 1 aromatic heterocycles. The Bertz CT molecular complexity index is 747. The molecule has 0 atom stereocenters. The highest BCUT2D eigenvalue weighted by Gasteiger charge is 2.03. The fourth-order valence-electron chi connectivity index (χ4n) is 1.72. The summed E-state index contributed by atoms with van der Waals surface area (Å²) in [5.41, 5.74) is 4.51. The highest BCUT2D eigenvalue weighted by Crippen LogP contribution is 2.21. The molecular weight excluding hydrogens is 258 g/mol. The maximum Gasteiger partial charge on any atom is 0.316 e. The Labute approximate surface area is 114 Å². The molecule has 100 valence electrons. The molecule has 0 bridgehead atoms. The van der Waals surface area contributed by atoms with Crippen molar-refractivity contribution in [3.63, 3.8) is 0 Å². The van der Waals surface area contributed by atoms with E-state index in [1.54, 1.807) is 6.07 Å². The van der Waals surface area contributed by atoms with Crippen LogP contribution in [-0.4, -0.2) is 21.4 Å². The molecule has 20 heavy (non-hydrogen) atoms. The molecule has 0 aliphatic heterocycles. The smallest absolute Gasteiger partial charge is 0.316 e. The molecule has 0 fully saturated rings. The Kier molecular flexibility index (Phi) is 2.96.